The number of amides is 1. The van der Waals surface area contributed by atoms with Gasteiger partial charge in [0.2, 0.25) is 5.91 Å². The van der Waals surface area contributed by atoms with E-state index in [4.69, 9.17) is 11.6 Å². The van der Waals surface area contributed by atoms with Crippen molar-refractivity contribution >= 4 is 47.4 Å². The third kappa shape index (κ3) is 8.76. The van der Waals surface area contributed by atoms with Gasteiger partial charge in [-0.05, 0) is 44.2 Å². The molecule has 140 valence electrons. The van der Waals surface area contributed by atoms with Crippen molar-refractivity contribution in [1.29, 1.82) is 0 Å². The first-order chi connectivity index (χ1) is 11.7. The van der Waals surface area contributed by atoms with Crippen molar-refractivity contribution in [1.82, 2.24) is 16.0 Å². The number of halogens is 2. The minimum absolute atomic E-state index is 0. The molecule has 1 saturated carbocycles. The van der Waals surface area contributed by atoms with Crippen LogP contribution in [0.1, 0.15) is 31.7 Å². The van der Waals surface area contributed by atoms with Crippen LogP contribution in [-0.2, 0) is 11.2 Å². The number of aryl methyl sites for hydroxylation is 1. The third-order valence-electron chi connectivity index (χ3n) is 3.84. The topological polar surface area (TPSA) is 65.5 Å². The normalized spacial score (nSPS) is 13.8. The molecular formula is C18H28ClIN4O. The van der Waals surface area contributed by atoms with Crippen molar-refractivity contribution in [3.8, 4) is 0 Å². The summed E-state index contributed by atoms with van der Waals surface area (Å²) in [6, 6.07) is 7.92. The van der Waals surface area contributed by atoms with Crippen molar-refractivity contribution in [3.63, 3.8) is 0 Å². The fourth-order valence-electron chi connectivity index (χ4n) is 2.36. The number of hydrogen-bond donors (Lipinski definition) is 3. The largest absolute Gasteiger partial charge is 0.357 e. The summed E-state index contributed by atoms with van der Waals surface area (Å²) in [6.45, 7) is 4.88. The third-order valence-corrected chi connectivity index (χ3v) is 4.21. The zero-order valence-corrected chi connectivity index (χ0v) is 17.8. The molecule has 0 bridgehead atoms. The highest BCUT2D eigenvalue weighted by Gasteiger charge is 2.28. The Morgan fingerprint density at radius 3 is 2.60 bits per heavy atom. The van der Waals surface area contributed by atoms with Crippen LogP contribution in [0.4, 0.5) is 0 Å². The SMILES string of the molecule is CCNC(=NCCCc1ccccc1Cl)NCCNC(=O)C1CC1.I. The highest BCUT2D eigenvalue weighted by molar-refractivity contribution is 14.0. The lowest BCUT2D eigenvalue weighted by atomic mass is 10.1. The van der Waals surface area contributed by atoms with Gasteiger partial charge in [0.05, 0.1) is 0 Å². The van der Waals surface area contributed by atoms with E-state index in [1.165, 1.54) is 0 Å². The molecule has 0 radical (unpaired) electrons. The Balaban J connectivity index is 0.00000312. The summed E-state index contributed by atoms with van der Waals surface area (Å²) in [5.74, 6) is 1.23. The predicted octanol–water partition coefficient (Wildman–Crippen LogP) is 2.97. The van der Waals surface area contributed by atoms with E-state index in [9.17, 15) is 4.79 Å². The molecule has 1 aliphatic rings. The van der Waals surface area contributed by atoms with Crippen molar-refractivity contribution in [2.24, 2.45) is 10.9 Å². The molecule has 0 spiro atoms. The second-order valence-corrected chi connectivity index (χ2v) is 6.35. The Morgan fingerprint density at radius 1 is 1.20 bits per heavy atom. The zero-order valence-electron chi connectivity index (χ0n) is 14.7. The van der Waals surface area contributed by atoms with Gasteiger partial charge in [0.15, 0.2) is 5.96 Å². The number of nitrogens with one attached hydrogen (secondary N) is 3. The molecule has 1 amide bonds. The van der Waals surface area contributed by atoms with Crippen molar-refractivity contribution in [2.75, 3.05) is 26.2 Å². The van der Waals surface area contributed by atoms with Crippen LogP contribution in [-0.4, -0.2) is 38.0 Å². The highest BCUT2D eigenvalue weighted by atomic mass is 127. The molecule has 0 unspecified atom stereocenters. The summed E-state index contributed by atoms with van der Waals surface area (Å²) in [7, 11) is 0. The Morgan fingerprint density at radius 2 is 1.92 bits per heavy atom. The smallest absolute Gasteiger partial charge is 0.223 e. The Labute approximate surface area is 172 Å². The average molecular weight is 479 g/mol. The minimum atomic E-state index is 0. The van der Waals surface area contributed by atoms with Crippen LogP contribution in [0.15, 0.2) is 29.3 Å². The standard InChI is InChI=1S/C18H27ClN4O.HI/c1-2-20-18(23-13-12-21-17(24)15-9-10-15)22-11-5-7-14-6-3-4-8-16(14)19;/h3-4,6,8,15H,2,5,7,9-13H2,1H3,(H,21,24)(H2,20,22,23);1H. The van der Waals surface area contributed by atoms with E-state index in [0.717, 1.165) is 55.3 Å². The molecular weight excluding hydrogens is 451 g/mol. The second-order valence-electron chi connectivity index (χ2n) is 5.95. The monoisotopic (exact) mass is 478 g/mol. The molecule has 7 heteroatoms. The van der Waals surface area contributed by atoms with Crippen LogP contribution in [0.5, 0.6) is 0 Å². The Kier molecular flexibility index (Phi) is 10.9. The van der Waals surface area contributed by atoms with Gasteiger partial charge in [0, 0.05) is 37.1 Å². The Hall–Kier alpha value is -1.02. The van der Waals surface area contributed by atoms with E-state index in [0.29, 0.717) is 13.1 Å². The van der Waals surface area contributed by atoms with E-state index in [-0.39, 0.29) is 35.8 Å². The molecule has 1 fully saturated rings. The molecule has 2 rings (SSSR count). The summed E-state index contributed by atoms with van der Waals surface area (Å²) in [4.78, 5) is 16.1. The first kappa shape index (κ1) is 22.0. The maximum atomic E-state index is 11.6. The lowest BCUT2D eigenvalue weighted by Crippen LogP contribution is -2.41. The van der Waals surface area contributed by atoms with Gasteiger partial charge in [0.25, 0.3) is 0 Å². The molecule has 0 aromatic heterocycles. The number of aliphatic imine (C=N–C) groups is 1. The first-order valence-corrected chi connectivity index (χ1v) is 9.11. The second kappa shape index (κ2) is 12.4. The van der Waals surface area contributed by atoms with Gasteiger partial charge in [-0.15, -0.1) is 24.0 Å². The van der Waals surface area contributed by atoms with Gasteiger partial charge in [-0.25, -0.2) is 0 Å². The number of hydrogen-bond acceptors (Lipinski definition) is 2. The number of carbonyl (C=O) groups is 1. The summed E-state index contributed by atoms with van der Waals surface area (Å²) in [5.41, 5.74) is 1.16. The molecule has 0 saturated heterocycles. The van der Waals surface area contributed by atoms with Crippen molar-refractivity contribution in [2.45, 2.75) is 32.6 Å². The van der Waals surface area contributed by atoms with Gasteiger partial charge in [-0.3, -0.25) is 9.79 Å². The van der Waals surface area contributed by atoms with Crippen molar-refractivity contribution < 1.29 is 4.79 Å². The first-order valence-electron chi connectivity index (χ1n) is 8.74. The fraction of sp³-hybridized carbons (Fsp3) is 0.556. The molecule has 1 aromatic rings. The summed E-state index contributed by atoms with van der Waals surface area (Å²) >= 11 is 6.16. The molecule has 1 aliphatic carbocycles. The molecule has 0 aliphatic heterocycles. The van der Waals surface area contributed by atoms with Crippen LogP contribution < -0.4 is 16.0 Å². The van der Waals surface area contributed by atoms with Crippen LogP contribution >= 0.6 is 35.6 Å². The number of carbonyl (C=O) groups excluding carboxylic acids is 1. The minimum Gasteiger partial charge on any atom is -0.357 e. The summed E-state index contributed by atoms with van der Waals surface area (Å²) < 4.78 is 0. The van der Waals surface area contributed by atoms with E-state index in [1.807, 2.05) is 25.1 Å². The van der Waals surface area contributed by atoms with E-state index in [2.05, 4.69) is 27.0 Å². The molecule has 25 heavy (non-hydrogen) atoms. The van der Waals surface area contributed by atoms with E-state index in [1.54, 1.807) is 0 Å². The zero-order chi connectivity index (χ0) is 17.2. The predicted molar refractivity (Wildman–Crippen MR) is 115 cm³/mol. The maximum Gasteiger partial charge on any atom is 0.223 e. The highest BCUT2D eigenvalue weighted by Crippen LogP contribution is 2.28. The quantitative estimate of drug-likeness (QED) is 0.221. The summed E-state index contributed by atoms with van der Waals surface area (Å²) in [6.07, 6.45) is 3.93. The lowest BCUT2D eigenvalue weighted by Gasteiger charge is -2.12. The average Bonchev–Trinajstić information content (AvgIpc) is 3.41. The van der Waals surface area contributed by atoms with Crippen molar-refractivity contribution in [3.05, 3.63) is 34.9 Å². The lowest BCUT2D eigenvalue weighted by molar-refractivity contribution is -0.122. The molecule has 5 nitrogen and oxygen atoms in total. The fourth-order valence-corrected chi connectivity index (χ4v) is 2.59. The molecule has 3 N–H and O–H groups in total. The van der Waals surface area contributed by atoms with Gasteiger partial charge in [-0.2, -0.15) is 0 Å². The van der Waals surface area contributed by atoms with Gasteiger partial charge < -0.3 is 16.0 Å². The van der Waals surface area contributed by atoms with Gasteiger partial charge >= 0.3 is 0 Å². The number of rotatable bonds is 9. The number of benzene rings is 1. The summed E-state index contributed by atoms with van der Waals surface area (Å²) in [5, 5.41) is 10.2. The molecule has 0 atom stereocenters. The van der Waals surface area contributed by atoms with Gasteiger partial charge in [-0.1, -0.05) is 29.8 Å². The van der Waals surface area contributed by atoms with E-state index < -0.39 is 0 Å². The van der Waals surface area contributed by atoms with Crippen LogP contribution in [0.2, 0.25) is 5.02 Å². The van der Waals surface area contributed by atoms with E-state index >= 15 is 0 Å². The number of guanidine groups is 1. The molecule has 1 aromatic carbocycles. The molecule has 0 heterocycles. The van der Waals surface area contributed by atoms with Crippen LogP contribution in [0.3, 0.4) is 0 Å². The maximum absolute atomic E-state index is 11.6. The van der Waals surface area contributed by atoms with Gasteiger partial charge in [0.1, 0.15) is 0 Å². The Bertz CT molecular complexity index is 564. The number of nitrogens with zero attached hydrogens (tertiary/aromatic N) is 1. The van der Waals surface area contributed by atoms with Crippen LogP contribution in [0, 0.1) is 5.92 Å². The van der Waals surface area contributed by atoms with Crippen LogP contribution in [0.25, 0.3) is 0 Å².